The van der Waals surface area contributed by atoms with E-state index in [-0.39, 0.29) is 31.1 Å². The van der Waals surface area contributed by atoms with Gasteiger partial charge in [0.15, 0.2) is 12.7 Å². The van der Waals surface area contributed by atoms with Crippen LogP contribution in [-0.4, -0.2) is 44.3 Å². The van der Waals surface area contributed by atoms with Gasteiger partial charge in [0.05, 0.1) is 19.8 Å². The molecule has 1 aromatic carbocycles. The van der Waals surface area contributed by atoms with Crippen LogP contribution in [0.25, 0.3) is 0 Å². The van der Waals surface area contributed by atoms with Crippen molar-refractivity contribution in [3.8, 4) is 5.75 Å². The van der Waals surface area contributed by atoms with Crippen molar-refractivity contribution in [3.05, 3.63) is 29.3 Å². The van der Waals surface area contributed by atoms with Gasteiger partial charge in [-0.1, -0.05) is 11.6 Å². The first-order valence-electron chi connectivity index (χ1n) is 6.95. The molecule has 0 radical (unpaired) electrons. The first kappa shape index (κ1) is 16.6. The first-order chi connectivity index (χ1) is 10.6. The number of benzene rings is 1. The number of amides is 1. The Kier molecular flexibility index (Phi) is 6.03. The summed E-state index contributed by atoms with van der Waals surface area (Å²) >= 11 is 5.77. The summed E-state index contributed by atoms with van der Waals surface area (Å²) in [6.07, 6.45) is 0.644. The van der Waals surface area contributed by atoms with Crippen LogP contribution in [-0.2, 0) is 19.1 Å². The number of halogens is 1. The number of hydrogen-bond acceptors (Lipinski definition) is 5. The third kappa shape index (κ3) is 4.89. The van der Waals surface area contributed by atoms with Crippen LogP contribution in [0.1, 0.15) is 12.8 Å². The van der Waals surface area contributed by atoms with E-state index in [1.165, 1.54) is 7.11 Å². The standard InChI is InChI=1S/C15H18ClNO5/c1-20-15(19)13-7-4-11(8-22-13)17-14(18)9-21-12-5-2-10(16)3-6-12/h2-3,5-6,11,13H,4,7-9H2,1H3,(H,17,18)/t11-,13+/m1/s1. The summed E-state index contributed by atoms with van der Waals surface area (Å²) in [5.41, 5.74) is 0. The molecule has 0 aliphatic carbocycles. The second-order valence-corrected chi connectivity index (χ2v) is 5.37. The molecule has 0 aromatic heterocycles. The Morgan fingerprint density at radius 2 is 2.05 bits per heavy atom. The molecular formula is C15H18ClNO5. The predicted molar refractivity (Wildman–Crippen MR) is 79.9 cm³/mol. The van der Waals surface area contributed by atoms with Gasteiger partial charge in [-0.2, -0.15) is 0 Å². The Bertz CT molecular complexity index is 511. The van der Waals surface area contributed by atoms with Crippen molar-refractivity contribution in [1.82, 2.24) is 5.32 Å². The lowest BCUT2D eigenvalue weighted by molar-refractivity contribution is -0.157. The highest BCUT2D eigenvalue weighted by atomic mass is 35.5. The summed E-state index contributed by atoms with van der Waals surface area (Å²) in [5, 5.41) is 3.42. The maximum Gasteiger partial charge on any atom is 0.334 e. The van der Waals surface area contributed by atoms with Crippen molar-refractivity contribution in [2.75, 3.05) is 20.3 Å². The lowest BCUT2D eigenvalue weighted by Gasteiger charge is -2.28. The third-order valence-corrected chi connectivity index (χ3v) is 3.54. The molecule has 0 unspecified atom stereocenters. The minimum Gasteiger partial charge on any atom is -0.484 e. The van der Waals surface area contributed by atoms with E-state index in [2.05, 4.69) is 10.1 Å². The number of carbonyl (C=O) groups is 2. The smallest absolute Gasteiger partial charge is 0.334 e. The number of hydrogen-bond donors (Lipinski definition) is 1. The first-order valence-corrected chi connectivity index (χ1v) is 7.33. The number of rotatable bonds is 5. The molecule has 1 heterocycles. The fourth-order valence-electron chi connectivity index (χ4n) is 2.13. The van der Waals surface area contributed by atoms with Crippen LogP contribution < -0.4 is 10.1 Å². The van der Waals surface area contributed by atoms with Gasteiger partial charge in [0.25, 0.3) is 5.91 Å². The quantitative estimate of drug-likeness (QED) is 0.831. The third-order valence-electron chi connectivity index (χ3n) is 3.29. The minimum absolute atomic E-state index is 0.0848. The largest absolute Gasteiger partial charge is 0.484 e. The van der Waals surface area contributed by atoms with Crippen molar-refractivity contribution in [2.45, 2.75) is 25.0 Å². The van der Waals surface area contributed by atoms with Crippen LogP contribution in [0.2, 0.25) is 5.02 Å². The lowest BCUT2D eigenvalue weighted by atomic mass is 10.1. The van der Waals surface area contributed by atoms with Gasteiger partial charge in [0, 0.05) is 5.02 Å². The summed E-state index contributed by atoms with van der Waals surface area (Å²) in [6, 6.07) is 6.65. The molecule has 1 aromatic rings. The van der Waals surface area contributed by atoms with Crippen molar-refractivity contribution >= 4 is 23.5 Å². The second-order valence-electron chi connectivity index (χ2n) is 4.93. The molecule has 120 valence electrons. The summed E-state index contributed by atoms with van der Waals surface area (Å²) < 4.78 is 15.4. The number of carbonyl (C=O) groups excluding carboxylic acids is 2. The van der Waals surface area contributed by atoms with E-state index in [0.717, 1.165) is 0 Å². The summed E-state index contributed by atoms with van der Waals surface area (Å²) in [7, 11) is 1.33. The topological polar surface area (TPSA) is 73.9 Å². The van der Waals surface area contributed by atoms with Crippen molar-refractivity contribution in [3.63, 3.8) is 0 Å². The van der Waals surface area contributed by atoms with E-state index in [1.54, 1.807) is 24.3 Å². The maximum atomic E-state index is 11.8. The van der Waals surface area contributed by atoms with Gasteiger partial charge in [-0.15, -0.1) is 0 Å². The molecule has 0 saturated carbocycles. The van der Waals surface area contributed by atoms with E-state index >= 15 is 0 Å². The van der Waals surface area contributed by atoms with Crippen LogP contribution >= 0.6 is 11.6 Å². The van der Waals surface area contributed by atoms with E-state index in [4.69, 9.17) is 21.1 Å². The zero-order valence-electron chi connectivity index (χ0n) is 12.2. The molecule has 1 aliphatic rings. The fraction of sp³-hybridized carbons (Fsp3) is 0.467. The Morgan fingerprint density at radius 3 is 2.64 bits per heavy atom. The van der Waals surface area contributed by atoms with Crippen LogP contribution in [0.5, 0.6) is 5.75 Å². The zero-order chi connectivity index (χ0) is 15.9. The van der Waals surface area contributed by atoms with E-state index < -0.39 is 6.10 Å². The highest BCUT2D eigenvalue weighted by Gasteiger charge is 2.28. The Hall–Kier alpha value is -1.79. The highest BCUT2D eigenvalue weighted by molar-refractivity contribution is 6.30. The molecule has 7 heteroatoms. The summed E-state index contributed by atoms with van der Waals surface area (Å²) in [6.45, 7) is 0.199. The van der Waals surface area contributed by atoms with Gasteiger partial charge < -0.3 is 19.5 Å². The summed E-state index contributed by atoms with van der Waals surface area (Å²) in [4.78, 5) is 23.1. The molecular weight excluding hydrogens is 310 g/mol. The molecule has 0 bridgehead atoms. The van der Waals surface area contributed by atoms with E-state index in [9.17, 15) is 9.59 Å². The van der Waals surface area contributed by atoms with Gasteiger partial charge >= 0.3 is 5.97 Å². The minimum atomic E-state index is -0.538. The molecule has 1 fully saturated rings. The highest BCUT2D eigenvalue weighted by Crippen LogP contribution is 2.16. The number of ether oxygens (including phenoxy) is 3. The van der Waals surface area contributed by atoms with Crippen LogP contribution in [0.4, 0.5) is 0 Å². The average molecular weight is 328 g/mol. The maximum absolute atomic E-state index is 11.8. The fourth-order valence-corrected chi connectivity index (χ4v) is 2.26. The van der Waals surface area contributed by atoms with E-state index in [1.807, 2.05) is 0 Å². The summed E-state index contributed by atoms with van der Waals surface area (Å²) in [5.74, 6) is -0.0406. The van der Waals surface area contributed by atoms with Crippen molar-refractivity contribution in [1.29, 1.82) is 0 Å². The molecule has 2 atom stereocenters. The van der Waals surface area contributed by atoms with Gasteiger partial charge in [0.2, 0.25) is 0 Å². The van der Waals surface area contributed by atoms with Crippen LogP contribution in [0.15, 0.2) is 24.3 Å². The van der Waals surface area contributed by atoms with Crippen molar-refractivity contribution in [2.24, 2.45) is 0 Å². The SMILES string of the molecule is COC(=O)[C@@H]1CC[C@@H](NC(=O)COc2ccc(Cl)cc2)CO1. The Labute approximate surface area is 133 Å². The van der Waals surface area contributed by atoms with Gasteiger partial charge in [0.1, 0.15) is 5.75 Å². The molecule has 1 aliphatic heterocycles. The van der Waals surface area contributed by atoms with Gasteiger partial charge in [-0.25, -0.2) is 4.79 Å². The molecule has 0 spiro atoms. The van der Waals surface area contributed by atoms with Crippen molar-refractivity contribution < 1.29 is 23.8 Å². The number of esters is 1. The van der Waals surface area contributed by atoms with E-state index in [0.29, 0.717) is 23.6 Å². The molecule has 1 N–H and O–H groups in total. The molecule has 1 amide bonds. The molecule has 6 nitrogen and oxygen atoms in total. The van der Waals surface area contributed by atoms with Crippen LogP contribution in [0, 0.1) is 0 Å². The van der Waals surface area contributed by atoms with Crippen LogP contribution in [0.3, 0.4) is 0 Å². The lowest BCUT2D eigenvalue weighted by Crippen LogP contribution is -2.46. The molecule has 2 rings (SSSR count). The van der Waals surface area contributed by atoms with Gasteiger partial charge in [-0.3, -0.25) is 4.79 Å². The zero-order valence-corrected chi connectivity index (χ0v) is 13.0. The normalized spacial score (nSPS) is 21.0. The Morgan fingerprint density at radius 1 is 1.32 bits per heavy atom. The molecule has 22 heavy (non-hydrogen) atoms. The monoisotopic (exact) mass is 327 g/mol. The van der Waals surface area contributed by atoms with Gasteiger partial charge in [-0.05, 0) is 37.1 Å². The number of nitrogens with one attached hydrogen (secondary N) is 1. The predicted octanol–water partition coefficient (Wildman–Crippen LogP) is 1.56. The second kappa shape index (κ2) is 8.00. The Balaban J connectivity index is 1.69. The molecule has 1 saturated heterocycles. The number of methoxy groups -OCH3 is 1. The average Bonchev–Trinajstić information content (AvgIpc) is 2.54.